The second kappa shape index (κ2) is 21.5. The average Bonchev–Trinajstić information content (AvgIpc) is 3.28. The number of nitrogens with one attached hydrogen (secondary N) is 3. The van der Waals surface area contributed by atoms with E-state index in [4.69, 9.17) is 15.2 Å². The summed E-state index contributed by atoms with van der Waals surface area (Å²) in [5.74, 6) is 0.594. The zero-order chi connectivity index (χ0) is 44.3. The Bertz CT molecular complexity index is 2140. The van der Waals surface area contributed by atoms with Crippen LogP contribution in [0.1, 0.15) is 132 Å². The van der Waals surface area contributed by atoms with Gasteiger partial charge in [-0.25, -0.2) is 0 Å². The van der Waals surface area contributed by atoms with Gasteiger partial charge >= 0.3 is 0 Å². The monoisotopic (exact) mass is 858 g/mol. The molecule has 3 fully saturated rings. The van der Waals surface area contributed by atoms with E-state index in [9.17, 15) is 19.5 Å². The third-order valence-corrected chi connectivity index (χ3v) is 12.9. The van der Waals surface area contributed by atoms with Gasteiger partial charge in [-0.05, 0) is 105 Å². The van der Waals surface area contributed by atoms with Gasteiger partial charge in [0.2, 0.25) is 17.7 Å². The van der Waals surface area contributed by atoms with Gasteiger partial charge in [0.1, 0.15) is 0 Å². The third kappa shape index (κ3) is 12.6. The van der Waals surface area contributed by atoms with Crippen molar-refractivity contribution in [3.05, 3.63) is 119 Å². The zero-order valence-electron chi connectivity index (χ0n) is 37.3. The van der Waals surface area contributed by atoms with E-state index in [0.29, 0.717) is 68.5 Å². The zero-order valence-corrected chi connectivity index (χ0v) is 37.3. The van der Waals surface area contributed by atoms with Gasteiger partial charge in [0.25, 0.3) is 0 Å². The SMILES string of the molecule is CC(C)(C)NC(=O)[C@H]1CC[C@H]2CCCC[C@H]2N1C[C@H]1C[C@@H](c2ccc(CO)cc2)O[C@@H](c2ccc(-c3ccccc3CNC(=O)CCCCCC(=O)Nc3ccccc3N)cc2)O1. The van der Waals surface area contributed by atoms with Crippen LogP contribution in [-0.2, 0) is 37.0 Å². The Balaban J connectivity index is 0.996. The molecule has 3 amide bonds. The molecule has 6 N–H and O–H groups in total. The quantitative estimate of drug-likeness (QED) is 0.0552. The lowest BCUT2D eigenvalue weighted by Crippen LogP contribution is -2.61. The molecule has 0 bridgehead atoms. The molecule has 3 aliphatic rings. The van der Waals surface area contributed by atoms with Crippen LogP contribution in [-0.4, -0.2) is 58.0 Å². The van der Waals surface area contributed by atoms with E-state index in [0.717, 1.165) is 59.1 Å². The van der Waals surface area contributed by atoms with Crippen LogP contribution in [0.25, 0.3) is 11.1 Å². The van der Waals surface area contributed by atoms with Gasteiger partial charge in [0.05, 0.1) is 36.2 Å². The van der Waals surface area contributed by atoms with Gasteiger partial charge < -0.3 is 36.3 Å². The van der Waals surface area contributed by atoms with Gasteiger partial charge in [-0.3, -0.25) is 19.3 Å². The summed E-state index contributed by atoms with van der Waals surface area (Å²) in [4.78, 5) is 41.6. The number of unbranched alkanes of at least 4 members (excludes halogenated alkanes) is 2. The number of anilines is 2. The summed E-state index contributed by atoms with van der Waals surface area (Å²) in [5, 5.41) is 19.0. The van der Waals surface area contributed by atoms with E-state index in [1.807, 2.05) is 75.4 Å². The topological polar surface area (TPSA) is 155 Å². The number of rotatable bonds is 16. The molecule has 4 aromatic rings. The lowest BCUT2D eigenvalue weighted by Gasteiger charge is -2.50. The Kier molecular flexibility index (Phi) is 15.7. The van der Waals surface area contributed by atoms with E-state index >= 15 is 0 Å². The number of para-hydroxylation sites is 2. The van der Waals surface area contributed by atoms with Gasteiger partial charge in [0, 0.05) is 49.5 Å². The summed E-state index contributed by atoms with van der Waals surface area (Å²) >= 11 is 0. The van der Waals surface area contributed by atoms with Crippen molar-refractivity contribution in [3.8, 4) is 11.1 Å². The molecule has 1 saturated carbocycles. The van der Waals surface area contributed by atoms with Crippen molar-refractivity contribution in [1.29, 1.82) is 0 Å². The molecule has 7 rings (SSSR count). The van der Waals surface area contributed by atoms with Crippen molar-refractivity contribution in [1.82, 2.24) is 15.5 Å². The smallest absolute Gasteiger partial charge is 0.237 e. The molecule has 2 heterocycles. The number of carbonyl (C=O) groups is 3. The number of hydrogen-bond donors (Lipinski definition) is 5. The van der Waals surface area contributed by atoms with E-state index < -0.39 is 6.29 Å². The fourth-order valence-electron chi connectivity index (χ4n) is 9.63. The number of aliphatic hydroxyl groups is 1. The molecular weight excluding hydrogens is 791 g/mol. The highest BCUT2D eigenvalue weighted by atomic mass is 16.7. The Labute approximate surface area is 373 Å². The number of hydrogen-bond acceptors (Lipinski definition) is 8. The van der Waals surface area contributed by atoms with Crippen LogP contribution in [0.15, 0.2) is 97.1 Å². The van der Waals surface area contributed by atoms with E-state index in [-0.39, 0.29) is 48.1 Å². The molecule has 11 nitrogen and oxygen atoms in total. The van der Waals surface area contributed by atoms with Crippen molar-refractivity contribution in [2.75, 3.05) is 17.6 Å². The molecule has 336 valence electrons. The normalized spacial score (nSPS) is 22.7. The molecule has 11 heteroatoms. The molecule has 0 spiro atoms. The van der Waals surface area contributed by atoms with E-state index in [2.05, 4.69) is 51.2 Å². The predicted octanol–water partition coefficient (Wildman–Crippen LogP) is 9.12. The maximum absolute atomic E-state index is 13.9. The highest BCUT2D eigenvalue weighted by molar-refractivity contribution is 5.93. The number of fused-ring (bicyclic) bond motifs is 1. The largest absolute Gasteiger partial charge is 0.397 e. The second-order valence-electron chi connectivity index (χ2n) is 18.7. The summed E-state index contributed by atoms with van der Waals surface area (Å²) in [6, 6.07) is 31.7. The van der Waals surface area contributed by atoms with E-state index in [1.54, 1.807) is 12.1 Å². The number of aliphatic hydroxyl groups excluding tert-OH is 1. The molecule has 1 aliphatic carbocycles. The van der Waals surface area contributed by atoms with Crippen LogP contribution < -0.4 is 21.7 Å². The molecule has 2 aliphatic heterocycles. The second-order valence-corrected chi connectivity index (χ2v) is 18.7. The van der Waals surface area contributed by atoms with Crippen molar-refractivity contribution in [3.63, 3.8) is 0 Å². The number of nitrogens with two attached hydrogens (primary N) is 1. The number of piperidine rings is 1. The maximum Gasteiger partial charge on any atom is 0.237 e. The first-order chi connectivity index (χ1) is 30.4. The number of ether oxygens (including phenoxy) is 2. The van der Waals surface area contributed by atoms with Crippen molar-refractivity contribution >= 4 is 29.1 Å². The molecule has 0 radical (unpaired) electrons. The molecule has 0 aromatic heterocycles. The first kappa shape index (κ1) is 45.9. The van der Waals surface area contributed by atoms with Crippen molar-refractivity contribution < 1.29 is 29.0 Å². The minimum Gasteiger partial charge on any atom is -0.397 e. The van der Waals surface area contributed by atoms with Crippen molar-refractivity contribution in [2.45, 2.75) is 147 Å². The van der Waals surface area contributed by atoms with Crippen LogP contribution >= 0.6 is 0 Å². The van der Waals surface area contributed by atoms with Gasteiger partial charge in [-0.2, -0.15) is 0 Å². The lowest BCUT2D eigenvalue weighted by atomic mass is 9.75. The summed E-state index contributed by atoms with van der Waals surface area (Å²) in [5.41, 5.74) is 12.6. The van der Waals surface area contributed by atoms with Crippen LogP contribution in [0.3, 0.4) is 0 Å². The van der Waals surface area contributed by atoms with Crippen LogP contribution in [0.4, 0.5) is 11.4 Å². The molecule has 4 aromatic carbocycles. The summed E-state index contributed by atoms with van der Waals surface area (Å²) in [7, 11) is 0. The van der Waals surface area contributed by atoms with Crippen LogP contribution in [0.5, 0.6) is 0 Å². The molecule has 63 heavy (non-hydrogen) atoms. The molecular formula is C52H67N5O6. The summed E-state index contributed by atoms with van der Waals surface area (Å²) in [6.45, 7) is 7.16. The number of amides is 3. The molecule has 2 saturated heterocycles. The van der Waals surface area contributed by atoms with E-state index in [1.165, 1.54) is 19.3 Å². The maximum atomic E-state index is 13.9. The first-order valence-corrected chi connectivity index (χ1v) is 23.1. The third-order valence-electron chi connectivity index (χ3n) is 12.9. The Hall–Kier alpha value is -5.07. The number of nitrogen functional groups attached to an aromatic ring is 1. The highest BCUT2D eigenvalue weighted by Gasteiger charge is 2.44. The standard InChI is InChI=1S/C52H67N5O6/c1-52(2,3)56-50(61)46-30-29-37-13-8-12-18-45(37)57(46)33-41-31-47(38-23-21-35(34-58)22-24-38)63-51(62-41)39-27-25-36(26-28-39)42-15-9-7-14-40(42)32-54-48(59)19-5-4-6-20-49(60)55-44-17-11-10-16-43(44)53/h7,9-11,14-17,21-28,37,41,45-47,51,58H,4-6,8,12-13,18-20,29-34,53H2,1-3H3,(H,54,59)(H,55,60)(H,56,61)/t37-,41-,45-,46-,47+,51+/m1/s1. The molecule has 0 unspecified atom stereocenters. The first-order valence-electron chi connectivity index (χ1n) is 23.1. The Morgan fingerprint density at radius 3 is 2.22 bits per heavy atom. The molecule has 6 atom stereocenters. The summed E-state index contributed by atoms with van der Waals surface area (Å²) < 4.78 is 13.7. The minimum absolute atomic E-state index is 0.0203. The van der Waals surface area contributed by atoms with Crippen LogP contribution in [0, 0.1) is 5.92 Å². The number of likely N-dealkylation sites (tertiary alicyclic amines) is 1. The average molecular weight is 858 g/mol. The summed E-state index contributed by atoms with van der Waals surface area (Å²) in [6.07, 6.45) is 9.21. The highest BCUT2D eigenvalue weighted by Crippen LogP contribution is 2.42. The van der Waals surface area contributed by atoms with Crippen LogP contribution in [0.2, 0.25) is 0 Å². The fourth-order valence-corrected chi connectivity index (χ4v) is 9.63. The fraction of sp³-hybridized carbons (Fsp3) is 0.481. The Morgan fingerprint density at radius 2 is 1.48 bits per heavy atom. The lowest BCUT2D eigenvalue weighted by molar-refractivity contribution is -0.255. The van der Waals surface area contributed by atoms with Gasteiger partial charge in [0.15, 0.2) is 6.29 Å². The predicted molar refractivity (Wildman–Crippen MR) is 248 cm³/mol. The number of benzene rings is 4. The Morgan fingerprint density at radius 1 is 0.778 bits per heavy atom. The van der Waals surface area contributed by atoms with Gasteiger partial charge in [-0.15, -0.1) is 0 Å². The number of nitrogens with zero attached hydrogens (tertiary/aromatic N) is 1. The number of carbonyl (C=O) groups excluding carboxylic acids is 3. The minimum atomic E-state index is -0.624. The van der Waals surface area contributed by atoms with Crippen molar-refractivity contribution in [2.24, 2.45) is 5.92 Å². The van der Waals surface area contributed by atoms with Gasteiger partial charge in [-0.1, -0.05) is 104 Å².